The summed E-state index contributed by atoms with van der Waals surface area (Å²) in [5.74, 6) is 0. The Kier molecular flexibility index (Phi) is 5.37. The van der Waals surface area contributed by atoms with E-state index in [-0.39, 0.29) is 0 Å². The van der Waals surface area contributed by atoms with Gasteiger partial charge >= 0.3 is 0 Å². The van der Waals surface area contributed by atoms with Gasteiger partial charge in [0.25, 0.3) is 0 Å². The molecule has 0 unspecified atom stereocenters. The van der Waals surface area contributed by atoms with Crippen LogP contribution >= 0.6 is 0 Å². The fraction of sp³-hybridized carbons (Fsp3) is 0.412. The summed E-state index contributed by atoms with van der Waals surface area (Å²) in [7, 11) is 0. The van der Waals surface area contributed by atoms with Crippen molar-refractivity contribution in [3.63, 3.8) is 0 Å². The largest absolute Gasteiger partial charge is 0.396 e. The van der Waals surface area contributed by atoms with Gasteiger partial charge in [-0.05, 0) is 55.6 Å². The van der Waals surface area contributed by atoms with Crippen LogP contribution in [0.4, 0.5) is 0 Å². The Morgan fingerprint density at radius 2 is 1.74 bits per heavy atom. The van der Waals surface area contributed by atoms with Gasteiger partial charge in [-0.1, -0.05) is 42.0 Å². The van der Waals surface area contributed by atoms with E-state index in [1.165, 1.54) is 21.9 Å². The molecular formula is C17H23NO. The van der Waals surface area contributed by atoms with Crippen LogP contribution in [0.5, 0.6) is 0 Å². The maximum absolute atomic E-state index is 8.69. The van der Waals surface area contributed by atoms with Gasteiger partial charge in [0.1, 0.15) is 0 Å². The molecule has 2 rings (SSSR count). The molecule has 0 fully saturated rings. The SMILES string of the molecule is Cc1ccc2cc(CCNCCCCO)ccc2c1. The first-order valence-corrected chi connectivity index (χ1v) is 7.10. The van der Waals surface area contributed by atoms with Crippen molar-refractivity contribution in [2.45, 2.75) is 26.2 Å². The lowest BCUT2D eigenvalue weighted by Gasteiger charge is -2.06. The highest BCUT2D eigenvalue weighted by Crippen LogP contribution is 2.17. The average molecular weight is 257 g/mol. The molecule has 2 aromatic rings. The third-order valence-corrected chi connectivity index (χ3v) is 3.41. The second-order valence-corrected chi connectivity index (χ2v) is 5.12. The van der Waals surface area contributed by atoms with Gasteiger partial charge in [-0.25, -0.2) is 0 Å². The molecule has 0 heterocycles. The maximum atomic E-state index is 8.69. The lowest BCUT2D eigenvalue weighted by Crippen LogP contribution is -2.18. The number of aliphatic hydroxyl groups excluding tert-OH is 1. The van der Waals surface area contributed by atoms with Crippen LogP contribution < -0.4 is 5.32 Å². The second-order valence-electron chi connectivity index (χ2n) is 5.12. The zero-order valence-corrected chi connectivity index (χ0v) is 11.7. The molecule has 0 atom stereocenters. The molecule has 0 saturated carbocycles. The van der Waals surface area contributed by atoms with E-state index >= 15 is 0 Å². The molecular weight excluding hydrogens is 234 g/mol. The Morgan fingerprint density at radius 3 is 2.58 bits per heavy atom. The van der Waals surface area contributed by atoms with Crippen molar-refractivity contribution in [1.29, 1.82) is 0 Å². The molecule has 0 aliphatic rings. The molecule has 0 spiro atoms. The number of unbranched alkanes of at least 4 members (excludes halogenated alkanes) is 1. The lowest BCUT2D eigenvalue weighted by molar-refractivity contribution is 0.284. The zero-order valence-electron chi connectivity index (χ0n) is 11.7. The van der Waals surface area contributed by atoms with Crippen molar-refractivity contribution in [3.05, 3.63) is 47.5 Å². The summed E-state index contributed by atoms with van der Waals surface area (Å²) >= 11 is 0. The van der Waals surface area contributed by atoms with Crippen molar-refractivity contribution in [3.8, 4) is 0 Å². The van der Waals surface area contributed by atoms with Gasteiger partial charge < -0.3 is 10.4 Å². The number of aliphatic hydroxyl groups is 1. The van der Waals surface area contributed by atoms with Crippen LogP contribution in [-0.2, 0) is 6.42 Å². The molecule has 0 aliphatic carbocycles. The van der Waals surface area contributed by atoms with Crippen molar-refractivity contribution in [2.24, 2.45) is 0 Å². The monoisotopic (exact) mass is 257 g/mol. The molecule has 2 aromatic carbocycles. The van der Waals surface area contributed by atoms with Gasteiger partial charge in [-0.15, -0.1) is 0 Å². The summed E-state index contributed by atoms with van der Waals surface area (Å²) in [4.78, 5) is 0. The Morgan fingerprint density at radius 1 is 0.947 bits per heavy atom. The zero-order chi connectivity index (χ0) is 13.5. The van der Waals surface area contributed by atoms with Crippen LogP contribution in [0.25, 0.3) is 10.8 Å². The highest BCUT2D eigenvalue weighted by atomic mass is 16.2. The lowest BCUT2D eigenvalue weighted by atomic mass is 10.0. The van der Waals surface area contributed by atoms with E-state index in [4.69, 9.17) is 5.11 Å². The standard InChI is InChI=1S/C17H23NO/c1-14-4-6-17-13-15(5-7-16(17)12-14)8-10-18-9-2-3-11-19/h4-7,12-13,18-19H,2-3,8-11H2,1H3. The van der Waals surface area contributed by atoms with E-state index in [2.05, 4.69) is 48.6 Å². The van der Waals surface area contributed by atoms with Crippen molar-refractivity contribution < 1.29 is 5.11 Å². The van der Waals surface area contributed by atoms with E-state index in [0.29, 0.717) is 6.61 Å². The quantitative estimate of drug-likeness (QED) is 0.747. The topological polar surface area (TPSA) is 32.3 Å². The third kappa shape index (κ3) is 4.34. The molecule has 0 bridgehead atoms. The Balaban J connectivity index is 1.86. The van der Waals surface area contributed by atoms with E-state index in [1.807, 2.05) is 0 Å². The maximum Gasteiger partial charge on any atom is 0.0431 e. The second kappa shape index (κ2) is 7.27. The molecule has 0 amide bonds. The molecule has 19 heavy (non-hydrogen) atoms. The molecule has 102 valence electrons. The Labute approximate surface area is 115 Å². The summed E-state index contributed by atoms with van der Waals surface area (Å²) in [6.45, 7) is 4.42. The number of aryl methyl sites for hydroxylation is 1. The first kappa shape index (κ1) is 14.0. The van der Waals surface area contributed by atoms with Crippen LogP contribution in [0, 0.1) is 6.92 Å². The minimum Gasteiger partial charge on any atom is -0.396 e. The Bertz CT molecular complexity index is 522. The highest BCUT2D eigenvalue weighted by Gasteiger charge is 1.97. The minimum atomic E-state index is 0.297. The predicted molar refractivity (Wildman–Crippen MR) is 81.6 cm³/mol. The van der Waals surface area contributed by atoms with Crippen molar-refractivity contribution in [2.75, 3.05) is 19.7 Å². The number of fused-ring (bicyclic) bond motifs is 1. The Hall–Kier alpha value is -1.38. The molecule has 0 aliphatic heterocycles. The molecule has 0 saturated heterocycles. The summed E-state index contributed by atoms with van der Waals surface area (Å²) in [5.41, 5.74) is 2.69. The fourth-order valence-electron chi connectivity index (χ4n) is 2.29. The highest BCUT2D eigenvalue weighted by molar-refractivity contribution is 5.83. The number of hydrogen-bond donors (Lipinski definition) is 2. The molecule has 2 N–H and O–H groups in total. The van der Waals surface area contributed by atoms with Crippen molar-refractivity contribution >= 4 is 10.8 Å². The van der Waals surface area contributed by atoms with Gasteiger partial charge in [0.2, 0.25) is 0 Å². The van der Waals surface area contributed by atoms with E-state index in [0.717, 1.165) is 32.4 Å². The minimum absolute atomic E-state index is 0.297. The first-order valence-electron chi connectivity index (χ1n) is 7.10. The van der Waals surface area contributed by atoms with Gasteiger partial charge in [0.05, 0.1) is 0 Å². The number of rotatable bonds is 7. The van der Waals surface area contributed by atoms with Crippen LogP contribution in [0.15, 0.2) is 36.4 Å². The van der Waals surface area contributed by atoms with Crippen molar-refractivity contribution in [1.82, 2.24) is 5.32 Å². The summed E-state index contributed by atoms with van der Waals surface area (Å²) in [5, 5.41) is 14.7. The average Bonchev–Trinajstić information content (AvgIpc) is 2.43. The number of nitrogens with one attached hydrogen (secondary N) is 1. The normalized spacial score (nSPS) is 11.1. The molecule has 0 radical (unpaired) electrons. The van der Waals surface area contributed by atoms with Gasteiger partial charge in [0, 0.05) is 6.61 Å². The van der Waals surface area contributed by atoms with E-state index < -0.39 is 0 Å². The summed E-state index contributed by atoms with van der Waals surface area (Å²) in [6, 6.07) is 13.3. The van der Waals surface area contributed by atoms with Gasteiger partial charge in [-0.2, -0.15) is 0 Å². The molecule has 0 aromatic heterocycles. The molecule has 2 nitrogen and oxygen atoms in total. The van der Waals surface area contributed by atoms with Gasteiger partial charge in [0.15, 0.2) is 0 Å². The third-order valence-electron chi connectivity index (χ3n) is 3.41. The van der Waals surface area contributed by atoms with Crippen LogP contribution in [-0.4, -0.2) is 24.8 Å². The smallest absolute Gasteiger partial charge is 0.0431 e. The van der Waals surface area contributed by atoms with E-state index in [9.17, 15) is 0 Å². The number of benzene rings is 2. The van der Waals surface area contributed by atoms with Crippen LogP contribution in [0.3, 0.4) is 0 Å². The fourth-order valence-corrected chi connectivity index (χ4v) is 2.29. The number of hydrogen-bond acceptors (Lipinski definition) is 2. The predicted octanol–water partition coefficient (Wildman–Crippen LogP) is 3.05. The van der Waals surface area contributed by atoms with Crippen LogP contribution in [0.1, 0.15) is 24.0 Å². The van der Waals surface area contributed by atoms with Gasteiger partial charge in [-0.3, -0.25) is 0 Å². The summed E-state index contributed by atoms with van der Waals surface area (Å²) < 4.78 is 0. The van der Waals surface area contributed by atoms with E-state index in [1.54, 1.807) is 0 Å². The first-order chi connectivity index (χ1) is 9.29. The summed E-state index contributed by atoms with van der Waals surface area (Å²) in [6.07, 6.45) is 3.00. The molecule has 2 heteroatoms. The van der Waals surface area contributed by atoms with Crippen LogP contribution in [0.2, 0.25) is 0 Å².